The molecule has 0 spiro atoms. The van der Waals surface area contributed by atoms with Crippen molar-refractivity contribution < 1.29 is 0 Å². The van der Waals surface area contributed by atoms with Crippen molar-refractivity contribution >= 4 is 0 Å². The highest BCUT2D eigenvalue weighted by Crippen LogP contribution is 2.02. The lowest BCUT2D eigenvalue weighted by Crippen LogP contribution is -1.92. The lowest BCUT2D eigenvalue weighted by atomic mass is 10.3. The minimum atomic E-state index is 0.209. The van der Waals surface area contributed by atoms with E-state index in [2.05, 4.69) is 25.0 Å². The Morgan fingerprint density at radius 2 is 1.57 bits per heavy atom. The van der Waals surface area contributed by atoms with E-state index in [9.17, 15) is 0 Å². The first-order valence-corrected chi connectivity index (χ1v) is 3.83. The van der Waals surface area contributed by atoms with Gasteiger partial charge in [-0.05, 0) is 23.2 Å². The van der Waals surface area contributed by atoms with E-state index in [0.717, 1.165) is 0 Å². The largest absolute Gasteiger partial charge is 0.258 e. The van der Waals surface area contributed by atoms with Crippen molar-refractivity contribution in [3.05, 3.63) is 50.5 Å². The van der Waals surface area contributed by atoms with Crippen LogP contribution in [0.25, 0.3) is 20.9 Å². The van der Waals surface area contributed by atoms with Crippen LogP contribution in [-0.2, 0) is 13.1 Å². The number of hydrogen-bond donors (Lipinski definition) is 0. The monoisotopic (exact) mass is 189 g/mol. The third-order valence-corrected chi connectivity index (χ3v) is 1.46. The lowest BCUT2D eigenvalue weighted by Gasteiger charge is -1.97. The van der Waals surface area contributed by atoms with Gasteiger partial charge in [0.15, 0.2) is 0 Å². The van der Waals surface area contributed by atoms with Crippen molar-refractivity contribution in [2.45, 2.75) is 13.1 Å². The van der Waals surface area contributed by atoms with E-state index >= 15 is 0 Å². The molecule has 0 amide bonds. The summed E-state index contributed by atoms with van der Waals surface area (Å²) in [6.07, 6.45) is 0. The van der Waals surface area contributed by atoms with Gasteiger partial charge in [0, 0.05) is 21.2 Å². The van der Waals surface area contributed by atoms with Gasteiger partial charge < -0.3 is 0 Å². The minimum Gasteiger partial charge on any atom is -0.258 e. The van der Waals surface area contributed by atoms with Crippen LogP contribution < -0.4 is 0 Å². The number of nitrogens with zero attached hydrogens (tertiary/aromatic N) is 7. The summed E-state index contributed by atoms with van der Waals surface area (Å²) >= 11 is 0. The molecule has 7 nitrogen and oxygen atoms in total. The third-order valence-electron chi connectivity index (χ3n) is 1.46. The molecule has 1 aromatic heterocycles. The van der Waals surface area contributed by atoms with Gasteiger partial charge in [0.05, 0.1) is 13.1 Å². The summed E-state index contributed by atoms with van der Waals surface area (Å²) in [5.74, 6) is 0. The standard InChI is InChI=1S/C7H7N7/c8-13-10-4-6-2-1-3-7(12-6)5-11-14-9/h1-3H,4-5H2. The maximum atomic E-state index is 8.10. The topological polar surface area (TPSA) is 110 Å². The molecule has 0 atom stereocenters. The third kappa shape index (κ3) is 3.02. The Morgan fingerprint density at radius 1 is 1.07 bits per heavy atom. The molecule has 0 aliphatic heterocycles. The Hall–Kier alpha value is -2.23. The van der Waals surface area contributed by atoms with Crippen LogP contribution in [0.4, 0.5) is 0 Å². The first-order chi connectivity index (χ1) is 6.86. The molecule has 0 N–H and O–H groups in total. The van der Waals surface area contributed by atoms with E-state index in [-0.39, 0.29) is 13.1 Å². The molecule has 0 saturated heterocycles. The van der Waals surface area contributed by atoms with E-state index in [0.29, 0.717) is 11.4 Å². The van der Waals surface area contributed by atoms with Gasteiger partial charge in [0.1, 0.15) is 0 Å². The number of rotatable bonds is 4. The molecular weight excluding hydrogens is 182 g/mol. The van der Waals surface area contributed by atoms with E-state index < -0.39 is 0 Å². The molecule has 0 aliphatic carbocycles. The molecule has 1 heterocycles. The zero-order chi connectivity index (χ0) is 10.2. The number of hydrogen-bond acceptors (Lipinski definition) is 3. The van der Waals surface area contributed by atoms with Gasteiger partial charge in [-0.3, -0.25) is 4.98 Å². The average molecular weight is 189 g/mol. The van der Waals surface area contributed by atoms with Gasteiger partial charge >= 0.3 is 0 Å². The molecule has 1 aromatic rings. The Bertz CT molecular complexity index is 365. The van der Waals surface area contributed by atoms with Crippen molar-refractivity contribution in [2.24, 2.45) is 10.2 Å². The molecule has 0 saturated carbocycles. The highest BCUT2D eigenvalue weighted by molar-refractivity contribution is 5.11. The minimum absolute atomic E-state index is 0.209. The van der Waals surface area contributed by atoms with Gasteiger partial charge in [-0.1, -0.05) is 16.3 Å². The van der Waals surface area contributed by atoms with Gasteiger partial charge in [-0.25, -0.2) is 0 Å². The molecule has 0 radical (unpaired) electrons. The second-order valence-corrected chi connectivity index (χ2v) is 2.40. The fraction of sp³-hybridized carbons (Fsp3) is 0.286. The van der Waals surface area contributed by atoms with Crippen LogP contribution in [0, 0.1) is 0 Å². The van der Waals surface area contributed by atoms with Crippen molar-refractivity contribution in [1.29, 1.82) is 0 Å². The summed E-state index contributed by atoms with van der Waals surface area (Å²) in [4.78, 5) is 9.37. The van der Waals surface area contributed by atoms with Crippen LogP contribution in [0.5, 0.6) is 0 Å². The van der Waals surface area contributed by atoms with Gasteiger partial charge in [0.2, 0.25) is 0 Å². The van der Waals surface area contributed by atoms with Gasteiger partial charge in [0.25, 0.3) is 0 Å². The first kappa shape index (κ1) is 9.85. The molecule has 0 unspecified atom stereocenters. The maximum Gasteiger partial charge on any atom is 0.0684 e. The number of azide groups is 2. The molecule has 0 bridgehead atoms. The van der Waals surface area contributed by atoms with Crippen LogP contribution in [-0.4, -0.2) is 4.98 Å². The first-order valence-electron chi connectivity index (χ1n) is 3.83. The molecular formula is C7H7N7. The van der Waals surface area contributed by atoms with Crippen molar-refractivity contribution in [2.75, 3.05) is 0 Å². The van der Waals surface area contributed by atoms with Gasteiger partial charge in [-0.2, -0.15) is 0 Å². The van der Waals surface area contributed by atoms with Crippen molar-refractivity contribution in [1.82, 2.24) is 4.98 Å². The van der Waals surface area contributed by atoms with E-state index in [4.69, 9.17) is 11.1 Å². The maximum absolute atomic E-state index is 8.10. The van der Waals surface area contributed by atoms with Crippen molar-refractivity contribution in [3.63, 3.8) is 0 Å². The summed E-state index contributed by atoms with van der Waals surface area (Å²) in [5, 5.41) is 6.76. The number of pyridine rings is 1. The summed E-state index contributed by atoms with van der Waals surface area (Å²) in [6.45, 7) is 0.418. The Kier molecular flexibility index (Phi) is 3.82. The quantitative estimate of drug-likeness (QED) is 0.404. The fourth-order valence-corrected chi connectivity index (χ4v) is 0.914. The molecule has 1 rings (SSSR count). The van der Waals surface area contributed by atoms with E-state index in [1.165, 1.54) is 0 Å². The Labute approximate surface area is 79.6 Å². The SMILES string of the molecule is [N-]=[N+]=NCc1cccc(CN=[N+]=[N-])n1. The van der Waals surface area contributed by atoms with Crippen molar-refractivity contribution in [3.8, 4) is 0 Å². The van der Waals surface area contributed by atoms with Crippen LogP contribution >= 0.6 is 0 Å². The van der Waals surface area contributed by atoms with Gasteiger partial charge in [-0.15, -0.1) is 0 Å². The second kappa shape index (κ2) is 5.42. The van der Waals surface area contributed by atoms with Crippen LogP contribution in [0.2, 0.25) is 0 Å². The molecule has 70 valence electrons. The summed E-state index contributed by atoms with van der Waals surface area (Å²) < 4.78 is 0. The molecule has 14 heavy (non-hydrogen) atoms. The van der Waals surface area contributed by atoms with E-state index in [1.54, 1.807) is 18.2 Å². The fourth-order valence-electron chi connectivity index (χ4n) is 0.914. The Morgan fingerprint density at radius 3 is 2.00 bits per heavy atom. The zero-order valence-corrected chi connectivity index (χ0v) is 7.28. The van der Waals surface area contributed by atoms with Crippen LogP contribution in [0.15, 0.2) is 28.4 Å². The number of aromatic nitrogens is 1. The molecule has 0 fully saturated rings. The Balaban J connectivity index is 2.77. The van der Waals surface area contributed by atoms with Crippen LogP contribution in [0.3, 0.4) is 0 Å². The summed E-state index contributed by atoms with van der Waals surface area (Å²) in [7, 11) is 0. The summed E-state index contributed by atoms with van der Waals surface area (Å²) in [5.41, 5.74) is 17.5. The predicted octanol–water partition coefficient (Wildman–Crippen LogP) is 2.70. The van der Waals surface area contributed by atoms with Crippen LogP contribution in [0.1, 0.15) is 11.4 Å². The normalized spacial score (nSPS) is 8.57. The van der Waals surface area contributed by atoms with E-state index in [1.807, 2.05) is 0 Å². The average Bonchev–Trinajstić information content (AvgIpc) is 2.24. The smallest absolute Gasteiger partial charge is 0.0684 e. The highest BCUT2D eigenvalue weighted by Gasteiger charge is 1.95. The molecule has 0 aliphatic rings. The highest BCUT2D eigenvalue weighted by atomic mass is 15.1. The lowest BCUT2D eigenvalue weighted by molar-refractivity contribution is 0.905. The zero-order valence-electron chi connectivity index (χ0n) is 7.28. The second-order valence-electron chi connectivity index (χ2n) is 2.40. The predicted molar refractivity (Wildman–Crippen MR) is 49.9 cm³/mol. The summed E-state index contributed by atoms with van der Waals surface area (Å²) in [6, 6.07) is 5.26. The molecule has 0 aromatic carbocycles. The molecule has 7 heteroatoms.